The molecule has 0 aliphatic rings. The van der Waals surface area contributed by atoms with Crippen LogP contribution < -0.4 is 10.1 Å². The van der Waals surface area contributed by atoms with E-state index in [1.807, 2.05) is 60.7 Å². The first-order valence-corrected chi connectivity index (χ1v) is 7.76. The molecule has 0 saturated carbocycles. The fourth-order valence-electron chi connectivity index (χ4n) is 2.57. The molecule has 1 N–H and O–H groups in total. The number of nitrogens with zero attached hydrogens (tertiary/aromatic N) is 1. The van der Waals surface area contributed by atoms with Crippen molar-refractivity contribution >= 4 is 28.4 Å². The molecular weight excluding hydrogens is 312 g/mol. The van der Waals surface area contributed by atoms with Gasteiger partial charge in [-0.15, -0.1) is 0 Å². The minimum absolute atomic E-state index is 0.0289. The van der Waals surface area contributed by atoms with E-state index in [-0.39, 0.29) is 5.57 Å². The molecule has 0 atom stereocenters. The van der Waals surface area contributed by atoms with E-state index in [0.717, 1.165) is 16.3 Å². The van der Waals surface area contributed by atoms with E-state index in [4.69, 9.17) is 4.74 Å². The monoisotopic (exact) mass is 328 g/mol. The molecule has 25 heavy (non-hydrogen) atoms. The summed E-state index contributed by atoms with van der Waals surface area (Å²) in [6.45, 7) is 0. The summed E-state index contributed by atoms with van der Waals surface area (Å²) in [4.78, 5) is 12.5. The summed E-state index contributed by atoms with van der Waals surface area (Å²) >= 11 is 0. The lowest BCUT2D eigenvalue weighted by Crippen LogP contribution is -2.13. The van der Waals surface area contributed by atoms with Crippen molar-refractivity contribution in [2.45, 2.75) is 0 Å². The number of methoxy groups -OCH3 is 1. The number of anilines is 1. The van der Waals surface area contributed by atoms with Gasteiger partial charge in [0, 0.05) is 11.1 Å². The first-order chi connectivity index (χ1) is 12.2. The Hall–Kier alpha value is -3.58. The van der Waals surface area contributed by atoms with Gasteiger partial charge in [-0.25, -0.2) is 0 Å². The summed E-state index contributed by atoms with van der Waals surface area (Å²) in [6.07, 6.45) is 1.54. The molecule has 0 fully saturated rings. The van der Waals surface area contributed by atoms with Crippen LogP contribution in [0.3, 0.4) is 0 Å². The Morgan fingerprint density at radius 1 is 1.08 bits per heavy atom. The van der Waals surface area contributed by atoms with Crippen molar-refractivity contribution < 1.29 is 9.53 Å². The van der Waals surface area contributed by atoms with E-state index in [0.29, 0.717) is 11.4 Å². The third kappa shape index (κ3) is 3.67. The van der Waals surface area contributed by atoms with E-state index < -0.39 is 5.91 Å². The maximum atomic E-state index is 12.5. The lowest BCUT2D eigenvalue weighted by Gasteiger charge is -2.08. The summed E-state index contributed by atoms with van der Waals surface area (Å²) in [5.41, 5.74) is 1.43. The molecule has 3 aromatic carbocycles. The van der Waals surface area contributed by atoms with Crippen molar-refractivity contribution in [2.75, 3.05) is 12.4 Å². The molecule has 122 valence electrons. The van der Waals surface area contributed by atoms with E-state index in [9.17, 15) is 10.1 Å². The number of nitrogens with one attached hydrogen (secondary N) is 1. The van der Waals surface area contributed by atoms with E-state index in [1.165, 1.54) is 0 Å². The number of hydrogen-bond acceptors (Lipinski definition) is 3. The predicted octanol–water partition coefficient (Wildman–Crippen LogP) is 4.39. The fraction of sp³-hybridized carbons (Fsp3) is 0.0476. The molecule has 0 aliphatic heterocycles. The zero-order chi connectivity index (χ0) is 17.6. The molecular formula is C21H16N2O2. The standard InChI is InChI=1S/C21H16N2O2/c1-25-18-9-4-6-15(13-18)12-17(14-22)21(24)23-20-11-5-8-16-7-2-3-10-19(16)20/h2-13H,1H3,(H,23,24). The molecule has 0 saturated heterocycles. The van der Waals surface area contributed by atoms with Crippen LogP contribution in [0.15, 0.2) is 72.3 Å². The van der Waals surface area contributed by atoms with Crippen molar-refractivity contribution in [1.82, 2.24) is 0 Å². The largest absolute Gasteiger partial charge is 0.497 e. The number of carbonyl (C=O) groups is 1. The Kier molecular flexibility index (Phi) is 4.77. The third-order valence-electron chi connectivity index (χ3n) is 3.81. The van der Waals surface area contributed by atoms with Gasteiger partial charge in [-0.2, -0.15) is 5.26 Å². The summed E-state index contributed by atoms with van der Waals surface area (Å²) in [5, 5.41) is 14.1. The number of hydrogen-bond donors (Lipinski definition) is 1. The molecule has 0 spiro atoms. The third-order valence-corrected chi connectivity index (χ3v) is 3.81. The van der Waals surface area contributed by atoms with Gasteiger partial charge in [-0.1, -0.05) is 48.5 Å². The van der Waals surface area contributed by atoms with E-state index >= 15 is 0 Å². The molecule has 1 amide bonds. The molecule has 4 nitrogen and oxygen atoms in total. The Labute approximate surface area is 146 Å². The first-order valence-electron chi connectivity index (χ1n) is 7.76. The average molecular weight is 328 g/mol. The molecule has 4 heteroatoms. The molecule has 0 aromatic heterocycles. The van der Waals surface area contributed by atoms with Crippen LogP contribution in [0, 0.1) is 11.3 Å². The number of benzene rings is 3. The number of carbonyl (C=O) groups excluding carboxylic acids is 1. The van der Waals surface area contributed by atoms with Gasteiger partial charge < -0.3 is 10.1 Å². The number of rotatable bonds is 4. The SMILES string of the molecule is COc1cccc(C=C(C#N)C(=O)Nc2cccc3ccccc23)c1. The molecule has 0 bridgehead atoms. The van der Waals surface area contributed by atoms with Gasteiger partial charge >= 0.3 is 0 Å². The Bertz CT molecular complexity index is 995. The topological polar surface area (TPSA) is 62.1 Å². The van der Waals surface area contributed by atoms with Crippen LogP contribution in [0.4, 0.5) is 5.69 Å². The van der Waals surface area contributed by atoms with Gasteiger partial charge in [0.25, 0.3) is 5.91 Å². The minimum Gasteiger partial charge on any atom is -0.497 e. The Morgan fingerprint density at radius 2 is 1.84 bits per heavy atom. The molecule has 0 unspecified atom stereocenters. The van der Waals surface area contributed by atoms with Crippen LogP contribution in [0.1, 0.15) is 5.56 Å². The second-order valence-corrected chi connectivity index (χ2v) is 5.43. The summed E-state index contributed by atoms with van der Waals surface area (Å²) in [5.74, 6) is 0.224. The Morgan fingerprint density at radius 3 is 2.64 bits per heavy atom. The smallest absolute Gasteiger partial charge is 0.266 e. The number of ether oxygens (including phenoxy) is 1. The lowest BCUT2D eigenvalue weighted by molar-refractivity contribution is -0.112. The van der Waals surface area contributed by atoms with E-state index in [2.05, 4.69) is 5.32 Å². The zero-order valence-corrected chi connectivity index (χ0v) is 13.7. The van der Waals surface area contributed by atoms with Crippen LogP contribution in [-0.4, -0.2) is 13.0 Å². The first kappa shape index (κ1) is 16.3. The van der Waals surface area contributed by atoms with Gasteiger partial charge in [0.05, 0.1) is 7.11 Å². The fourth-order valence-corrected chi connectivity index (χ4v) is 2.57. The van der Waals surface area contributed by atoms with Gasteiger partial charge in [0.1, 0.15) is 17.4 Å². The van der Waals surface area contributed by atoms with Crippen molar-refractivity contribution in [3.05, 3.63) is 77.9 Å². The lowest BCUT2D eigenvalue weighted by atomic mass is 10.1. The van der Waals surface area contributed by atoms with Crippen LogP contribution in [0.5, 0.6) is 5.75 Å². The van der Waals surface area contributed by atoms with Crippen molar-refractivity contribution in [2.24, 2.45) is 0 Å². The predicted molar refractivity (Wildman–Crippen MR) is 99.2 cm³/mol. The van der Waals surface area contributed by atoms with Crippen LogP contribution in [0.25, 0.3) is 16.8 Å². The molecule has 0 heterocycles. The van der Waals surface area contributed by atoms with Crippen LogP contribution in [-0.2, 0) is 4.79 Å². The number of nitriles is 1. The Balaban J connectivity index is 1.90. The van der Waals surface area contributed by atoms with Gasteiger partial charge in [0.2, 0.25) is 0 Å². The second-order valence-electron chi connectivity index (χ2n) is 5.43. The minimum atomic E-state index is -0.443. The summed E-state index contributed by atoms with van der Waals surface area (Å²) in [7, 11) is 1.57. The highest BCUT2D eigenvalue weighted by atomic mass is 16.5. The highest BCUT2D eigenvalue weighted by molar-refractivity contribution is 6.12. The highest BCUT2D eigenvalue weighted by Crippen LogP contribution is 2.23. The van der Waals surface area contributed by atoms with Crippen LogP contribution in [0.2, 0.25) is 0 Å². The highest BCUT2D eigenvalue weighted by Gasteiger charge is 2.11. The van der Waals surface area contributed by atoms with Gasteiger partial charge in [-0.3, -0.25) is 4.79 Å². The normalized spacial score (nSPS) is 11.0. The molecule has 3 aromatic rings. The maximum Gasteiger partial charge on any atom is 0.266 e. The second kappa shape index (κ2) is 7.33. The van der Waals surface area contributed by atoms with Crippen molar-refractivity contribution in [3.63, 3.8) is 0 Å². The van der Waals surface area contributed by atoms with Crippen molar-refractivity contribution in [3.8, 4) is 11.8 Å². The van der Waals surface area contributed by atoms with Gasteiger partial charge in [0.15, 0.2) is 0 Å². The quantitative estimate of drug-likeness (QED) is 0.570. The summed E-state index contributed by atoms with van der Waals surface area (Å²) in [6, 6.07) is 22.6. The van der Waals surface area contributed by atoms with Crippen molar-refractivity contribution in [1.29, 1.82) is 5.26 Å². The van der Waals surface area contributed by atoms with Gasteiger partial charge in [-0.05, 0) is 35.2 Å². The molecule has 3 rings (SSSR count). The zero-order valence-electron chi connectivity index (χ0n) is 13.7. The average Bonchev–Trinajstić information content (AvgIpc) is 2.66. The van der Waals surface area contributed by atoms with Crippen LogP contribution >= 0.6 is 0 Å². The molecule has 0 radical (unpaired) electrons. The number of amides is 1. The number of fused-ring (bicyclic) bond motifs is 1. The van der Waals surface area contributed by atoms with E-state index in [1.54, 1.807) is 25.3 Å². The maximum absolute atomic E-state index is 12.5. The molecule has 0 aliphatic carbocycles. The summed E-state index contributed by atoms with van der Waals surface area (Å²) < 4.78 is 5.16.